The van der Waals surface area contributed by atoms with Crippen LogP contribution in [-0.4, -0.2) is 23.1 Å². The number of aromatic nitrogens is 2. The molecule has 1 N–H and O–H groups in total. The summed E-state index contributed by atoms with van der Waals surface area (Å²) in [7, 11) is 0. The molecule has 0 aromatic carbocycles. The molecule has 0 spiro atoms. The zero-order valence-corrected chi connectivity index (χ0v) is 9.00. The Bertz CT molecular complexity index is 341. The van der Waals surface area contributed by atoms with Gasteiger partial charge in [-0.3, -0.25) is 9.78 Å². The summed E-state index contributed by atoms with van der Waals surface area (Å²) in [5.41, 5.74) is 0.773. The molecule has 0 bridgehead atoms. The van der Waals surface area contributed by atoms with Crippen molar-refractivity contribution in [1.82, 2.24) is 9.97 Å². The van der Waals surface area contributed by atoms with Crippen molar-refractivity contribution in [2.75, 3.05) is 18.0 Å². The molecule has 4 nitrogen and oxygen atoms in total. The number of nitrogens with zero attached hydrogens (tertiary/aromatic N) is 2. The van der Waals surface area contributed by atoms with Gasteiger partial charge in [-0.15, -0.1) is 0 Å². The predicted octanol–water partition coefficient (Wildman–Crippen LogP) is 1.18. The Morgan fingerprint density at radius 3 is 2.50 bits per heavy atom. The van der Waals surface area contributed by atoms with E-state index in [4.69, 9.17) is 0 Å². The van der Waals surface area contributed by atoms with Gasteiger partial charge in [0.1, 0.15) is 0 Å². The van der Waals surface area contributed by atoms with Crippen molar-refractivity contribution in [2.45, 2.75) is 27.2 Å². The molecular formula is C10H17N3O. The van der Waals surface area contributed by atoms with Gasteiger partial charge in [-0.25, -0.2) is 4.98 Å². The monoisotopic (exact) mass is 195 g/mol. The molecular weight excluding hydrogens is 178 g/mol. The SMILES string of the molecule is CCc1cc(=O)[nH]c(N(CC)CC)n1. The van der Waals surface area contributed by atoms with Gasteiger partial charge in [0.25, 0.3) is 5.56 Å². The van der Waals surface area contributed by atoms with E-state index in [1.807, 2.05) is 25.7 Å². The molecule has 0 aliphatic rings. The molecule has 1 aromatic heterocycles. The Balaban J connectivity index is 3.07. The fourth-order valence-electron chi connectivity index (χ4n) is 1.35. The van der Waals surface area contributed by atoms with Crippen LogP contribution in [0.5, 0.6) is 0 Å². The molecule has 0 saturated carbocycles. The second kappa shape index (κ2) is 4.79. The van der Waals surface area contributed by atoms with Crippen LogP contribution in [0, 0.1) is 0 Å². The van der Waals surface area contributed by atoms with E-state index >= 15 is 0 Å². The number of H-pyrrole nitrogens is 1. The van der Waals surface area contributed by atoms with Gasteiger partial charge >= 0.3 is 0 Å². The lowest BCUT2D eigenvalue weighted by molar-refractivity contribution is 0.804. The van der Waals surface area contributed by atoms with Crippen LogP contribution in [0.3, 0.4) is 0 Å². The van der Waals surface area contributed by atoms with Gasteiger partial charge in [-0.1, -0.05) is 6.92 Å². The smallest absolute Gasteiger partial charge is 0.252 e. The van der Waals surface area contributed by atoms with Gasteiger partial charge in [0.05, 0.1) is 0 Å². The summed E-state index contributed by atoms with van der Waals surface area (Å²) in [5.74, 6) is 0.680. The molecule has 1 rings (SSSR count). The first-order chi connectivity index (χ1) is 6.71. The average Bonchev–Trinajstić information content (AvgIpc) is 2.19. The van der Waals surface area contributed by atoms with E-state index in [0.29, 0.717) is 5.95 Å². The lowest BCUT2D eigenvalue weighted by atomic mass is 10.3. The summed E-state index contributed by atoms with van der Waals surface area (Å²) in [6.45, 7) is 7.79. The number of anilines is 1. The number of hydrogen-bond acceptors (Lipinski definition) is 3. The van der Waals surface area contributed by atoms with Crippen molar-refractivity contribution in [3.05, 3.63) is 22.1 Å². The maximum absolute atomic E-state index is 11.3. The van der Waals surface area contributed by atoms with Crippen LogP contribution in [0.4, 0.5) is 5.95 Å². The van der Waals surface area contributed by atoms with Crippen molar-refractivity contribution >= 4 is 5.95 Å². The highest BCUT2D eigenvalue weighted by molar-refractivity contribution is 5.29. The van der Waals surface area contributed by atoms with E-state index in [0.717, 1.165) is 25.2 Å². The summed E-state index contributed by atoms with van der Waals surface area (Å²) in [6.07, 6.45) is 0.790. The van der Waals surface area contributed by atoms with Crippen LogP contribution in [0.2, 0.25) is 0 Å². The highest BCUT2D eigenvalue weighted by atomic mass is 16.1. The molecule has 0 amide bonds. The van der Waals surface area contributed by atoms with Crippen molar-refractivity contribution < 1.29 is 0 Å². The zero-order chi connectivity index (χ0) is 10.6. The zero-order valence-electron chi connectivity index (χ0n) is 9.00. The molecule has 4 heteroatoms. The van der Waals surface area contributed by atoms with Crippen molar-refractivity contribution in [2.24, 2.45) is 0 Å². The molecule has 0 fully saturated rings. The number of aromatic amines is 1. The largest absolute Gasteiger partial charge is 0.343 e. The molecule has 1 aromatic rings. The summed E-state index contributed by atoms with van der Waals surface area (Å²) < 4.78 is 0. The van der Waals surface area contributed by atoms with Gasteiger partial charge in [0.15, 0.2) is 0 Å². The fraction of sp³-hybridized carbons (Fsp3) is 0.600. The van der Waals surface area contributed by atoms with E-state index in [-0.39, 0.29) is 5.56 Å². The topological polar surface area (TPSA) is 49.0 Å². The first-order valence-electron chi connectivity index (χ1n) is 5.06. The van der Waals surface area contributed by atoms with Gasteiger partial charge in [-0.05, 0) is 20.3 Å². The second-order valence-electron chi connectivity index (χ2n) is 3.09. The van der Waals surface area contributed by atoms with Gasteiger partial charge in [0, 0.05) is 24.8 Å². The Kier molecular flexibility index (Phi) is 3.68. The maximum Gasteiger partial charge on any atom is 0.252 e. The van der Waals surface area contributed by atoms with Gasteiger partial charge in [0.2, 0.25) is 5.95 Å². The van der Waals surface area contributed by atoms with Gasteiger partial charge < -0.3 is 4.90 Å². The Labute approximate surface area is 84.0 Å². The van der Waals surface area contributed by atoms with E-state index in [1.54, 1.807) is 6.07 Å². The molecule has 78 valence electrons. The van der Waals surface area contributed by atoms with Crippen LogP contribution in [-0.2, 0) is 6.42 Å². The normalized spacial score (nSPS) is 10.2. The summed E-state index contributed by atoms with van der Waals surface area (Å²) >= 11 is 0. The van der Waals surface area contributed by atoms with Crippen molar-refractivity contribution in [3.63, 3.8) is 0 Å². The van der Waals surface area contributed by atoms with E-state index in [2.05, 4.69) is 9.97 Å². The molecule has 0 radical (unpaired) electrons. The quantitative estimate of drug-likeness (QED) is 0.784. The van der Waals surface area contributed by atoms with Crippen LogP contribution >= 0.6 is 0 Å². The minimum Gasteiger partial charge on any atom is -0.343 e. The first-order valence-corrected chi connectivity index (χ1v) is 5.06. The molecule has 0 aliphatic heterocycles. The fourth-order valence-corrected chi connectivity index (χ4v) is 1.35. The third-order valence-electron chi connectivity index (χ3n) is 2.21. The molecule has 0 saturated heterocycles. The minimum absolute atomic E-state index is 0.0706. The summed E-state index contributed by atoms with van der Waals surface area (Å²) in [6, 6.07) is 1.55. The molecule has 0 unspecified atom stereocenters. The third-order valence-corrected chi connectivity index (χ3v) is 2.21. The molecule has 14 heavy (non-hydrogen) atoms. The van der Waals surface area contributed by atoms with E-state index in [1.165, 1.54) is 0 Å². The minimum atomic E-state index is -0.0706. The third kappa shape index (κ3) is 2.34. The highest BCUT2D eigenvalue weighted by Crippen LogP contribution is 2.04. The number of rotatable bonds is 4. The number of aryl methyl sites for hydroxylation is 1. The van der Waals surface area contributed by atoms with Crippen LogP contribution in [0.1, 0.15) is 26.5 Å². The van der Waals surface area contributed by atoms with Gasteiger partial charge in [-0.2, -0.15) is 0 Å². The standard InChI is InChI=1S/C10H17N3O/c1-4-8-7-9(14)12-10(11-8)13(5-2)6-3/h7H,4-6H2,1-3H3,(H,11,12,14). The Morgan fingerprint density at radius 2 is 2.00 bits per heavy atom. The highest BCUT2D eigenvalue weighted by Gasteiger charge is 2.05. The summed E-state index contributed by atoms with van der Waals surface area (Å²) in [4.78, 5) is 20.4. The molecule has 0 atom stereocenters. The van der Waals surface area contributed by atoms with Crippen LogP contribution < -0.4 is 10.5 Å². The second-order valence-corrected chi connectivity index (χ2v) is 3.09. The van der Waals surface area contributed by atoms with Crippen LogP contribution in [0.15, 0.2) is 10.9 Å². The predicted molar refractivity (Wildman–Crippen MR) is 57.8 cm³/mol. The molecule has 0 aliphatic carbocycles. The summed E-state index contributed by atoms with van der Waals surface area (Å²) in [5, 5.41) is 0. The lowest BCUT2D eigenvalue weighted by Gasteiger charge is -2.19. The Hall–Kier alpha value is -1.32. The lowest BCUT2D eigenvalue weighted by Crippen LogP contribution is -2.27. The number of hydrogen-bond donors (Lipinski definition) is 1. The molecule has 1 heterocycles. The average molecular weight is 195 g/mol. The number of nitrogens with one attached hydrogen (secondary N) is 1. The van der Waals surface area contributed by atoms with E-state index < -0.39 is 0 Å². The van der Waals surface area contributed by atoms with Crippen LogP contribution in [0.25, 0.3) is 0 Å². The van der Waals surface area contributed by atoms with E-state index in [9.17, 15) is 4.79 Å². The maximum atomic E-state index is 11.3. The van der Waals surface area contributed by atoms with Crippen molar-refractivity contribution in [3.8, 4) is 0 Å². The first kappa shape index (κ1) is 10.8. The van der Waals surface area contributed by atoms with Crippen molar-refractivity contribution in [1.29, 1.82) is 0 Å². The Morgan fingerprint density at radius 1 is 1.36 bits per heavy atom.